The van der Waals surface area contributed by atoms with Crippen LogP contribution in [-0.2, 0) is 12.2 Å². The number of methoxy groups -OCH3 is 1. The molecule has 1 aromatic heterocycles. The molecule has 2 aromatic rings. The second kappa shape index (κ2) is 7.96. The van der Waals surface area contributed by atoms with Crippen LogP contribution in [0.3, 0.4) is 0 Å². The minimum absolute atomic E-state index is 0.0188. The lowest BCUT2D eigenvalue weighted by Gasteiger charge is -2.15. The van der Waals surface area contributed by atoms with Gasteiger partial charge < -0.3 is 10.5 Å². The molecule has 8 heteroatoms. The van der Waals surface area contributed by atoms with Crippen LogP contribution in [0.4, 0.5) is 10.3 Å². The number of hydrogen-bond acceptors (Lipinski definition) is 6. The molecule has 1 aromatic carbocycles. The average molecular weight is 350 g/mol. The first-order chi connectivity index (χ1) is 11.5. The maximum Gasteiger partial charge on any atom is 0.274 e. The van der Waals surface area contributed by atoms with Crippen LogP contribution in [0.2, 0.25) is 0 Å². The molecule has 0 aliphatic rings. The monoisotopic (exact) mass is 350 g/mol. The van der Waals surface area contributed by atoms with Crippen molar-refractivity contribution < 1.29 is 9.13 Å². The minimum Gasteiger partial charge on any atom is -0.496 e. The van der Waals surface area contributed by atoms with Crippen LogP contribution in [-0.4, -0.2) is 21.8 Å². The number of benzene rings is 1. The van der Waals surface area contributed by atoms with Crippen LogP contribution in [0, 0.1) is 11.2 Å². The molecule has 0 fully saturated rings. The van der Waals surface area contributed by atoms with Crippen molar-refractivity contribution in [2.24, 2.45) is 0 Å². The Morgan fingerprint density at radius 3 is 2.88 bits per heavy atom. The SMILES string of the molecule is CCCc1cc(=O)nc(N)n1C(=N)SCc1cc(F)ccc1OC. The lowest BCUT2D eigenvalue weighted by molar-refractivity contribution is 0.410. The van der Waals surface area contributed by atoms with E-state index in [0.717, 1.165) is 18.2 Å². The number of nitrogens with one attached hydrogen (secondary N) is 1. The highest BCUT2D eigenvalue weighted by Crippen LogP contribution is 2.25. The lowest BCUT2D eigenvalue weighted by atomic mass is 10.2. The fraction of sp³-hybridized carbons (Fsp3) is 0.312. The van der Waals surface area contributed by atoms with E-state index in [9.17, 15) is 9.18 Å². The molecule has 0 aliphatic carbocycles. The number of ether oxygens (including phenoxy) is 1. The number of aromatic nitrogens is 2. The van der Waals surface area contributed by atoms with Crippen molar-refractivity contribution in [2.75, 3.05) is 12.8 Å². The van der Waals surface area contributed by atoms with Gasteiger partial charge in [0.15, 0.2) is 5.17 Å². The van der Waals surface area contributed by atoms with Gasteiger partial charge in [0.05, 0.1) is 7.11 Å². The first kappa shape index (κ1) is 18.0. The molecule has 0 amide bonds. The highest BCUT2D eigenvalue weighted by atomic mass is 32.2. The van der Waals surface area contributed by atoms with Crippen molar-refractivity contribution >= 4 is 22.9 Å². The molecule has 0 bridgehead atoms. The van der Waals surface area contributed by atoms with Gasteiger partial charge in [0.25, 0.3) is 5.56 Å². The van der Waals surface area contributed by atoms with Gasteiger partial charge in [-0.2, -0.15) is 4.98 Å². The molecule has 0 atom stereocenters. The zero-order valence-corrected chi connectivity index (χ0v) is 14.3. The quantitative estimate of drug-likeness (QED) is 0.639. The van der Waals surface area contributed by atoms with Crippen molar-refractivity contribution in [2.45, 2.75) is 25.5 Å². The third-order valence-electron chi connectivity index (χ3n) is 3.35. The van der Waals surface area contributed by atoms with Crippen LogP contribution in [0.25, 0.3) is 0 Å². The van der Waals surface area contributed by atoms with Crippen LogP contribution in [0.1, 0.15) is 24.6 Å². The Balaban J connectivity index is 2.25. The fourth-order valence-corrected chi connectivity index (χ4v) is 3.15. The predicted octanol–water partition coefficient (Wildman–Crippen LogP) is 2.64. The maximum absolute atomic E-state index is 13.4. The van der Waals surface area contributed by atoms with Crippen LogP contribution in [0.5, 0.6) is 5.75 Å². The molecule has 0 radical (unpaired) electrons. The Bertz CT molecular complexity index is 807. The summed E-state index contributed by atoms with van der Waals surface area (Å²) < 4.78 is 20.1. The molecule has 24 heavy (non-hydrogen) atoms. The molecule has 1 heterocycles. The third-order valence-corrected chi connectivity index (χ3v) is 4.26. The maximum atomic E-state index is 13.4. The van der Waals surface area contributed by atoms with Crippen molar-refractivity contribution in [1.82, 2.24) is 9.55 Å². The van der Waals surface area contributed by atoms with Crippen molar-refractivity contribution in [3.63, 3.8) is 0 Å². The first-order valence-electron chi connectivity index (χ1n) is 7.38. The molecule has 2 rings (SSSR count). The van der Waals surface area contributed by atoms with E-state index < -0.39 is 5.56 Å². The zero-order chi connectivity index (χ0) is 17.7. The number of anilines is 1. The molecule has 6 nitrogen and oxygen atoms in total. The molecular weight excluding hydrogens is 331 g/mol. The predicted molar refractivity (Wildman–Crippen MR) is 94.3 cm³/mol. The topological polar surface area (TPSA) is 94.0 Å². The van der Waals surface area contributed by atoms with E-state index in [1.54, 1.807) is 6.07 Å². The Hall–Kier alpha value is -2.35. The van der Waals surface area contributed by atoms with E-state index >= 15 is 0 Å². The summed E-state index contributed by atoms with van der Waals surface area (Å²) in [5, 5.41) is 8.38. The zero-order valence-electron chi connectivity index (χ0n) is 13.5. The smallest absolute Gasteiger partial charge is 0.274 e. The van der Waals surface area contributed by atoms with Crippen LogP contribution >= 0.6 is 11.8 Å². The second-order valence-electron chi connectivity index (χ2n) is 5.08. The van der Waals surface area contributed by atoms with Crippen molar-refractivity contribution in [1.29, 1.82) is 5.41 Å². The Morgan fingerprint density at radius 2 is 2.21 bits per heavy atom. The van der Waals surface area contributed by atoms with E-state index in [0.29, 0.717) is 29.2 Å². The standard InChI is InChI=1S/C16H19FN4O2S/c1-3-4-12-8-14(22)20-15(18)21(12)16(19)24-9-10-7-11(17)5-6-13(10)23-2/h5-8,19H,3-4,9H2,1-2H3,(H2,18,20,22). The lowest BCUT2D eigenvalue weighted by Crippen LogP contribution is -2.23. The van der Waals surface area contributed by atoms with Crippen LogP contribution in [0.15, 0.2) is 29.1 Å². The number of nitrogen functional groups attached to an aromatic ring is 1. The number of nitrogens with two attached hydrogens (primary N) is 1. The summed E-state index contributed by atoms with van der Waals surface area (Å²) in [4.78, 5) is 15.2. The molecule has 0 spiro atoms. The summed E-state index contributed by atoms with van der Waals surface area (Å²) in [5.74, 6) is 0.497. The summed E-state index contributed by atoms with van der Waals surface area (Å²) in [6.45, 7) is 1.97. The Kier molecular flexibility index (Phi) is 5.97. The van der Waals surface area contributed by atoms with Gasteiger partial charge in [0.2, 0.25) is 5.95 Å². The van der Waals surface area contributed by atoms with E-state index in [1.807, 2.05) is 6.92 Å². The summed E-state index contributed by atoms with van der Waals surface area (Å²) in [7, 11) is 1.51. The first-order valence-corrected chi connectivity index (χ1v) is 8.37. The molecule has 0 aliphatic heterocycles. The van der Waals surface area contributed by atoms with E-state index in [2.05, 4.69) is 4.98 Å². The number of nitrogens with zero attached hydrogens (tertiary/aromatic N) is 2. The van der Waals surface area contributed by atoms with Gasteiger partial charge in [-0.05, 0) is 24.6 Å². The third kappa shape index (κ3) is 4.14. The largest absolute Gasteiger partial charge is 0.496 e. The average Bonchev–Trinajstić information content (AvgIpc) is 2.52. The van der Waals surface area contributed by atoms with E-state index in [1.165, 1.54) is 29.9 Å². The molecule has 0 saturated carbocycles. The van der Waals surface area contributed by atoms with Gasteiger partial charge in [0.1, 0.15) is 11.6 Å². The van der Waals surface area contributed by atoms with Gasteiger partial charge in [-0.25, -0.2) is 4.39 Å². The highest BCUT2D eigenvalue weighted by Gasteiger charge is 2.13. The van der Waals surface area contributed by atoms with Crippen molar-refractivity contribution in [3.05, 3.63) is 51.7 Å². The summed E-state index contributed by atoms with van der Waals surface area (Å²) in [6, 6.07) is 5.63. The van der Waals surface area contributed by atoms with Gasteiger partial charge >= 0.3 is 0 Å². The van der Waals surface area contributed by atoms with Gasteiger partial charge in [-0.1, -0.05) is 25.1 Å². The fourth-order valence-electron chi connectivity index (χ4n) is 2.29. The molecule has 0 saturated heterocycles. The number of thioether (sulfide) groups is 1. The molecule has 128 valence electrons. The van der Waals surface area contributed by atoms with Gasteiger partial charge in [-0.15, -0.1) is 0 Å². The summed E-state index contributed by atoms with van der Waals surface area (Å²) >= 11 is 1.16. The van der Waals surface area contributed by atoms with Gasteiger partial charge in [-0.3, -0.25) is 14.8 Å². The molecule has 3 N–H and O–H groups in total. The number of hydrogen-bond donors (Lipinski definition) is 2. The van der Waals surface area contributed by atoms with Gasteiger partial charge in [0, 0.05) is 23.1 Å². The molecule has 0 unspecified atom stereocenters. The van der Waals surface area contributed by atoms with Crippen molar-refractivity contribution in [3.8, 4) is 5.75 Å². The summed E-state index contributed by atoms with van der Waals surface area (Å²) in [6.07, 6.45) is 1.41. The Labute approximate surface area is 143 Å². The van der Waals surface area contributed by atoms with E-state index in [-0.39, 0.29) is 16.9 Å². The number of aryl methyl sites for hydroxylation is 1. The van der Waals surface area contributed by atoms with E-state index in [4.69, 9.17) is 15.9 Å². The summed E-state index contributed by atoms with van der Waals surface area (Å²) in [5.41, 5.74) is 6.67. The second-order valence-corrected chi connectivity index (χ2v) is 6.04. The van der Waals surface area contributed by atoms with Crippen LogP contribution < -0.4 is 16.0 Å². The Morgan fingerprint density at radius 1 is 1.46 bits per heavy atom. The highest BCUT2D eigenvalue weighted by molar-refractivity contribution is 8.13. The number of halogens is 1. The molecular formula is C16H19FN4O2S. The number of rotatable bonds is 5. The minimum atomic E-state index is -0.420. The normalized spacial score (nSPS) is 10.6.